The highest BCUT2D eigenvalue weighted by Gasteiger charge is 2.25. The Morgan fingerprint density at radius 2 is 1.65 bits per heavy atom. The number of hydrogen-bond acceptors (Lipinski definition) is 7. The average molecular weight is 464 g/mol. The van der Waals surface area contributed by atoms with Crippen LogP contribution in [0.15, 0.2) is 60.7 Å². The van der Waals surface area contributed by atoms with Crippen LogP contribution in [-0.4, -0.2) is 46.4 Å². The number of benzene rings is 3. The lowest BCUT2D eigenvalue weighted by molar-refractivity contribution is 0.102. The topological polar surface area (TPSA) is 95.3 Å². The Morgan fingerprint density at radius 1 is 0.971 bits per heavy atom. The molecule has 8 heteroatoms. The number of carbonyl (C=O) groups is 1. The van der Waals surface area contributed by atoms with Crippen molar-refractivity contribution in [2.45, 2.75) is 12.5 Å². The molecule has 1 atom stereocenters. The molecule has 178 valence electrons. The molecule has 1 aliphatic heterocycles. The van der Waals surface area contributed by atoms with Crippen molar-refractivity contribution in [3.05, 3.63) is 66.2 Å². The number of rotatable bonds is 8. The lowest BCUT2D eigenvalue weighted by Crippen LogP contribution is -2.24. The number of anilines is 3. The number of nitrogens with one attached hydrogen (secondary N) is 1. The highest BCUT2D eigenvalue weighted by Crippen LogP contribution is 2.41. The van der Waals surface area contributed by atoms with Crippen LogP contribution in [-0.2, 0) is 0 Å². The molecule has 1 amide bonds. The Morgan fingerprint density at radius 3 is 2.26 bits per heavy atom. The molecule has 3 aromatic rings. The van der Waals surface area contributed by atoms with Gasteiger partial charge < -0.3 is 34.9 Å². The largest absolute Gasteiger partial charge is 0.493 e. The van der Waals surface area contributed by atoms with Crippen molar-refractivity contribution in [1.29, 1.82) is 0 Å². The predicted octanol–water partition coefficient (Wildman–Crippen LogP) is 4.20. The van der Waals surface area contributed by atoms with Gasteiger partial charge in [0.15, 0.2) is 11.5 Å². The number of ether oxygens (including phenoxy) is 4. The predicted molar refractivity (Wildman–Crippen MR) is 133 cm³/mol. The zero-order valence-electron chi connectivity index (χ0n) is 19.5. The zero-order valence-corrected chi connectivity index (χ0v) is 19.5. The van der Waals surface area contributed by atoms with E-state index in [-0.39, 0.29) is 12.0 Å². The monoisotopic (exact) mass is 463 g/mol. The smallest absolute Gasteiger partial charge is 0.255 e. The van der Waals surface area contributed by atoms with Crippen LogP contribution < -0.4 is 34.9 Å². The minimum Gasteiger partial charge on any atom is -0.493 e. The summed E-state index contributed by atoms with van der Waals surface area (Å²) in [4.78, 5) is 14.8. The molecule has 1 heterocycles. The van der Waals surface area contributed by atoms with E-state index in [4.69, 9.17) is 24.7 Å². The summed E-state index contributed by atoms with van der Waals surface area (Å²) in [5, 5.41) is 2.85. The molecule has 34 heavy (non-hydrogen) atoms. The van der Waals surface area contributed by atoms with Gasteiger partial charge in [0.2, 0.25) is 5.75 Å². The second-order valence-electron chi connectivity index (χ2n) is 7.92. The van der Waals surface area contributed by atoms with Gasteiger partial charge in [-0.25, -0.2) is 0 Å². The number of para-hydroxylation sites is 2. The number of methoxy groups -OCH3 is 3. The first kappa shape index (κ1) is 23.1. The van der Waals surface area contributed by atoms with Crippen molar-refractivity contribution in [2.24, 2.45) is 0 Å². The molecule has 0 saturated carbocycles. The van der Waals surface area contributed by atoms with Gasteiger partial charge in [-0.2, -0.15) is 0 Å². The molecule has 3 N–H and O–H groups in total. The van der Waals surface area contributed by atoms with Gasteiger partial charge in [0.25, 0.3) is 5.91 Å². The van der Waals surface area contributed by atoms with Crippen molar-refractivity contribution in [3.8, 4) is 23.0 Å². The fourth-order valence-electron chi connectivity index (χ4n) is 4.01. The van der Waals surface area contributed by atoms with Gasteiger partial charge in [0.05, 0.1) is 39.2 Å². The van der Waals surface area contributed by atoms with Crippen LogP contribution >= 0.6 is 0 Å². The number of nitrogens with two attached hydrogens (primary N) is 1. The molecule has 0 unspecified atom stereocenters. The summed E-state index contributed by atoms with van der Waals surface area (Å²) in [7, 11) is 4.73. The van der Waals surface area contributed by atoms with E-state index in [0.717, 1.165) is 25.2 Å². The first-order chi connectivity index (χ1) is 16.5. The standard InChI is InChI=1S/C26H29N3O5/c1-31-23-14-20(15-24(32-2)25(23)33-3)34-19-12-13-29(16-19)18-10-8-17(9-11-18)26(30)28-22-7-5-4-6-21(22)27/h4-11,14-15,19H,12-13,16,27H2,1-3H3,(H,28,30)/t19-/m0/s1. The Labute approximate surface area is 199 Å². The molecular weight excluding hydrogens is 434 g/mol. The highest BCUT2D eigenvalue weighted by molar-refractivity contribution is 6.05. The second kappa shape index (κ2) is 10.2. The average Bonchev–Trinajstić information content (AvgIpc) is 3.33. The first-order valence-corrected chi connectivity index (χ1v) is 11.0. The Bertz CT molecular complexity index is 1120. The third kappa shape index (κ3) is 4.96. The fraction of sp³-hybridized carbons (Fsp3) is 0.269. The van der Waals surface area contributed by atoms with Crippen molar-refractivity contribution in [3.63, 3.8) is 0 Å². The summed E-state index contributed by atoms with van der Waals surface area (Å²) in [6, 6.07) is 18.3. The molecular formula is C26H29N3O5. The SMILES string of the molecule is COc1cc(O[C@H]2CCN(c3ccc(C(=O)Nc4ccccc4N)cc3)C2)cc(OC)c1OC. The molecule has 0 radical (unpaired) electrons. The molecule has 0 spiro atoms. The Balaban J connectivity index is 1.39. The fourth-order valence-corrected chi connectivity index (χ4v) is 4.01. The molecule has 0 aliphatic carbocycles. The number of hydrogen-bond donors (Lipinski definition) is 2. The van der Waals surface area contributed by atoms with Crippen molar-refractivity contribution >= 4 is 23.0 Å². The molecule has 1 aliphatic rings. The van der Waals surface area contributed by atoms with E-state index in [1.807, 2.05) is 36.4 Å². The third-order valence-corrected chi connectivity index (χ3v) is 5.79. The third-order valence-electron chi connectivity index (χ3n) is 5.79. The summed E-state index contributed by atoms with van der Waals surface area (Å²) >= 11 is 0. The molecule has 0 bridgehead atoms. The van der Waals surface area contributed by atoms with Gasteiger partial charge in [-0.05, 0) is 36.4 Å². The van der Waals surface area contributed by atoms with Gasteiger partial charge in [-0.1, -0.05) is 12.1 Å². The lowest BCUT2D eigenvalue weighted by Gasteiger charge is -2.20. The highest BCUT2D eigenvalue weighted by atomic mass is 16.5. The molecule has 4 rings (SSSR count). The summed E-state index contributed by atoms with van der Waals surface area (Å²) in [5.74, 6) is 2.10. The van der Waals surface area contributed by atoms with E-state index in [9.17, 15) is 4.79 Å². The Kier molecular flexibility index (Phi) is 6.96. The minimum absolute atomic E-state index is 0.00633. The summed E-state index contributed by atoms with van der Waals surface area (Å²) < 4.78 is 22.4. The van der Waals surface area contributed by atoms with E-state index in [2.05, 4.69) is 10.2 Å². The summed E-state index contributed by atoms with van der Waals surface area (Å²) in [6.07, 6.45) is 0.874. The maximum absolute atomic E-state index is 12.6. The molecule has 0 aromatic heterocycles. The molecule has 8 nitrogen and oxygen atoms in total. The zero-order chi connectivity index (χ0) is 24.1. The summed E-state index contributed by atoms with van der Waals surface area (Å²) in [6.45, 7) is 1.57. The van der Waals surface area contributed by atoms with Crippen LogP contribution in [0, 0.1) is 0 Å². The van der Waals surface area contributed by atoms with Crippen LogP contribution in [0.1, 0.15) is 16.8 Å². The number of nitrogen functional groups attached to an aromatic ring is 1. The van der Waals surface area contributed by atoms with Crippen LogP contribution in [0.25, 0.3) is 0 Å². The van der Waals surface area contributed by atoms with E-state index >= 15 is 0 Å². The molecule has 1 fully saturated rings. The van der Waals surface area contributed by atoms with Gasteiger partial charge in [-0.3, -0.25) is 4.79 Å². The van der Waals surface area contributed by atoms with Gasteiger partial charge in [0.1, 0.15) is 11.9 Å². The van der Waals surface area contributed by atoms with E-state index in [1.165, 1.54) is 0 Å². The van der Waals surface area contributed by atoms with Crippen LogP contribution in [0.2, 0.25) is 0 Å². The second-order valence-corrected chi connectivity index (χ2v) is 7.92. The van der Waals surface area contributed by atoms with Gasteiger partial charge in [-0.15, -0.1) is 0 Å². The summed E-state index contributed by atoms with van der Waals surface area (Å²) in [5.41, 5.74) is 8.65. The van der Waals surface area contributed by atoms with Crippen LogP contribution in [0.5, 0.6) is 23.0 Å². The number of nitrogens with zero attached hydrogens (tertiary/aromatic N) is 1. The quantitative estimate of drug-likeness (QED) is 0.483. The van der Waals surface area contributed by atoms with E-state index in [1.54, 1.807) is 45.6 Å². The van der Waals surface area contributed by atoms with Crippen molar-refractivity contribution in [1.82, 2.24) is 0 Å². The molecule has 3 aromatic carbocycles. The lowest BCUT2D eigenvalue weighted by atomic mass is 10.1. The van der Waals surface area contributed by atoms with Crippen LogP contribution in [0.3, 0.4) is 0 Å². The van der Waals surface area contributed by atoms with Crippen LogP contribution in [0.4, 0.5) is 17.1 Å². The van der Waals surface area contributed by atoms with Gasteiger partial charge >= 0.3 is 0 Å². The van der Waals surface area contributed by atoms with E-state index in [0.29, 0.717) is 39.9 Å². The normalized spacial score (nSPS) is 15.0. The number of carbonyl (C=O) groups excluding carboxylic acids is 1. The number of amides is 1. The first-order valence-electron chi connectivity index (χ1n) is 11.0. The van der Waals surface area contributed by atoms with E-state index < -0.39 is 0 Å². The van der Waals surface area contributed by atoms with Crippen molar-refractivity contribution < 1.29 is 23.7 Å². The van der Waals surface area contributed by atoms with Crippen molar-refractivity contribution in [2.75, 3.05) is 50.4 Å². The Hall–Kier alpha value is -4.07. The maximum atomic E-state index is 12.6. The molecule has 1 saturated heterocycles. The van der Waals surface area contributed by atoms with Gasteiger partial charge in [0, 0.05) is 36.3 Å². The maximum Gasteiger partial charge on any atom is 0.255 e. The minimum atomic E-state index is -0.200.